The summed E-state index contributed by atoms with van der Waals surface area (Å²) < 4.78 is 0.694. The van der Waals surface area contributed by atoms with Gasteiger partial charge in [0.1, 0.15) is 4.60 Å². The Morgan fingerprint density at radius 1 is 1.45 bits per heavy atom. The Hall–Kier alpha value is -0.385. The van der Waals surface area contributed by atoms with E-state index in [1.54, 1.807) is 19.1 Å². The fraction of sp³-hybridized carbons (Fsp3) is 0.167. The Kier molecular flexibility index (Phi) is 2.65. The van der Waals surface area contributed by atoms with Crippen LogP contribution in [0.2, 0.25) is 0 Å². The van der Waals surface area contributed by atoms with Gasteiger partial charge in [0.2, 0.25) is 0 Å². The van der Waals surface area contributed by atoms with Crippen LogP contribution >= 0.6 is 15.9 Å². The molecule has 0 bridgehead atoms. The third-order valence-electron chi connectivity index (χ3n) is 1.37. The molecule has 58 valence electrons. The number of hydrogen-bond acceptors (Lipinski definition) is 3. The van der Waals surface area contributed by atoms with E-state index in [4.69, 9.17) is 10.0 Å². The van der Waals surface area contributed by atoms with E-state index in [0.29, 0.717) is 15.8 Å². The first-order valence-electron chi connectivity index (χ1n) is 3.10. The van der Waals surface area contributed by atoms with Gasteiger partial charge in [-0.2, -0.15) is 0 Å². The molecule has 0 amide bonds. The second-order valence-electron chi connectivity index (χ2n) is 2.18. The summed E-state index contributed by atoms with van der Waals surface area (Å²) in [5.41, 5.74) is 1.06. The first-order valence-corrected chi connectivity index (χ1v) is 3.89. The van der Waals surface area contributed by atoms with Crippen molar-refractivity contribution in [2.24, 2.45) is 0 Å². The van der Waals surface area contributed by atoms with Crippen LogP contribution in [0.1, 0.15) is 5.69 Å². The summed E-state index contributed by atoms with van der Waals surface area (Å²) in [7, 11) is -1.43. The quantitative estimate of drug-likeness (QED) is 0.506. The zero-order valence-corrected chi connectivity index (χ0v) is 7.54. The molecule has 0 spiro atoms. The molecule has 0 aliphatic carbocycles. The van der Waals surface area contributed by atoms with Crippen LogP contribution in [-0.2, 0) is 0 Å². The monoisotopic (exact) mass is 215 g/mol. The molecular formula is C6H7BBrNO2. The van der Waals surface area contributed by atoms with E-state index in [9.17, 15) is 0 Å². The predicted molar refractivity (Wildman–Crippen MR) is 46.5 cm³/mol. The summed E-state index contributed by atoms with van der Waals surface area (Å²) in [6.45, 7) is 1.72. The number of hydrogen-bond donors (Lipinski definition) is 2. The molecule has 0 atom stereocenters. The number of aromatic nitrogens is 1. The second-order valence-corrected chi connectivity index (χ2v) is 2.99. The molecule has 2 N–H and O–H groups in total. The van der Waals surface area contributed by atoms with E-state index >= 15 is 0 Å². The molecule has 3 nitrogen and oxygen atoms in total. The van der Waals surface area contributed by atoms with Crippen molar-refractivity contribution in [2.75, 3.05) is 0 Å². The van der Waals surface area contributed by atoms with Crippen molar-refractivity contribution in [1.29, 1.82) is 0 Å². The lowest BCUT2D eigenvalue weighted by Crippen LogP contribution is -2.32. The van der Waals surface area contributed by atoms with Gasteiger partial charge >= 0.3 is 7.12 Å². The first kappa shape index (κ1) is 8.71. The van der Waals surface area contributed by atoms with Crippen molar-refractivity contribution in [3.8, 4) is 0 Å². The van der Waals surface area contributed by atoms with Gasteiger partial charge in [-0.1, -0.05) is 6.07 Å². The third kappa shape index (κ3) is 2.02. The molecular weight excluding hydrogens is 209 g/mol. The predicted octanol–water partition coefficient (Wildman–Crippen LogP) is -0.168. The van der Waals surface area contributed by atoms with Gasteiger partial charge in [-0.05, 0) is 28.9 Å². The normalized spacial score (nSPS) is 9.82. The third-order valence-corrected chi connectivity index (χ3v) is 1.81. The van der Waals surface area contributed by atoms with E-state index in [2.05, 4.69) is 20.9 Å². The smallest absolute Gasteiger partial charge is 0.423 e. The number of rotatable bonds is 1. The SMILES string of the molecule is Cc1nc(Br)ccc1B(O)O. The van der Waals surface area contributed by atoms with Crippen LogP contribution in [0.3, 0.4) is 0 Å². The molecule has 5 heteroatoms. The highest BCUT2D eigenvalue weighted by atomic mass is 79.9. The van der Waals surface area contributed by atoms with Gasteiger partial charge in [-0.3, -0.25) is 0 Å². The van der Waals surface area contributed by atoms with Crippen LogP contribution < -0.4 is 5.46 Å². The minimum absolute atomic E-state index is 0.438. The summed E-state index contributed by atoms with van der Waals surface area (Å²) in [5.74, 6) is 0. The van der Waals surface area contributed by atoms with Crippen molar-refractivity contribution in [2.45, 2.75) is 6.92 Å². The Balaban J connectivity index is 3.09. The molecule has 1 aromatic rings. The minimum atomic E-state index is -1.43. The van der Waals surface area contributed by atoms with Crippen LogP contribution in [0, 0.1) is 6.92 Å². The lowest BCUT2D eigenvalue weighted by molar-refractivity contribution is 0.425. The standard InChI is InChI=1S/C6H7BBrNO2/c1-4-5(7(10)11)2-3-6(8)9-4/h2-3,10-11H,1H3. The fourth-order valence-corrected chi connectivity index (χ4v) is 1.21. The highest BCUT2D eigenvalue weighted by molar-refractivity contribution is 9.10. The molecule has 1 aromatic heterocycles. The van der Waals surface area contributed by atoms with Gasteiger partial charge in [-0.15, -0.1) is 0 Å². The zero-order chi connectivity index (χ0) is 8.43. The molecule has 0 aliphatic rings. The molecule has 0 saturated carbocycles. The zero-order valence-electron chi connectivity index (χ0n) is 5.95. The number of aryl methyl sites for hydroxylation is 1. The van der Waals surface area contributed by atoms with Crippen LogP contribution in [0.15, 0.2) is 16.7 Å². The number of nitrogens with zero attached hydrogens (tertiary/aromatic N) is 1. The molecule has 0 saturated heterocycles. The van der Waals surface area contributed by atoms with Gasteiger partial charge in [-0.25, -0.2) is 4.98 Å². The fourth-order valence-electron chi connectivity index (χ4n) is 0.814. The van der Waals surface area contributed by atoms with Crippen molar-refractivity contribution in [3.63, 3.8) is 0 Å². The Bertz CT molecular complexity index is 267. The highest BCUT2D eigenvalue weighted by Crippen LogP contribution is 2.03. The molecule has 1 rings (SSSR count). The highest BCUT2D eigenvalue weighted by Gasteiger charge is 2.13. The number of halogens is 1. The van der Waals surface area contributed by atoms with Gasteiger partial charge in [0.25, 0.3) is 0 Å². The molecule has 0 aliphatic heterocycles. The first-order chi connectivity index (χ1) is 5.11. The number of pyridine rings is 1. The Morgan fingerprint density at radius 2 is 2.09 bits per heavy atom. The molecule has 0 unspecified atom stereocenters. The van der Waals surface area contributed by atoms with E-state index in [1.165, 1.54) is 0 Å². The summed E-state index contributed by atoms with van der Waals surface area (Å²) >= 11 is 3.17. The summed E-state index contributed by atoms with van der Waals surface area (Å²) in [6.07, 6.45) is 0. The van der Waals surface area contributed by atoms with E-state index in [-0.39, 0.29) is 0 Å². The molecule has 0 aromatic carbocycles. The van der Waals surface area contributed by atoms with Crippen LogP contribution in [0.25, 0.3) is 0 Å². The van der Waals surface area contributed by atoms with E-state index < -0.39 is 7.12 Å². The summed E-state index contributed by atoms with van der Waals surface area (Å²) in [4.78, 5) is 3.99. The average Bonchev–Trinajstić information content (AvgIpc) is 1.85. The lowest BCUT2D eigenvalue weighted by atomic mass is 9.79. The van der Waals surface area contributed by atoms with Crippen molar-refractivity contribution in [3.05, 3.63) is 22.4 Å². The van der Waals surface area contributed by atoms with Crippen molar-refractivity contribution < 1.29 is 10.0 Å². The van der Waals surface area contributed by atoms with Crippen LogP contribution in [-0.4, -0.2) is 22.2 Å². The second kappa shape index (κ2) is 3.34. The van der Waals surface area contributed by atoms with Crippen molar-refractivity contribution in [1.82, 2.24) is 4.98 Å². The minimum Gasteiger partial charge on any atom is -0.423 e. The van der Waals surface area contributed by atoms with Gasteiger partial charge < -0.3 is 10.0 Å². The van der Waals surface area contributed by atoms with E-state index in [0.717, 1.165) is 0 Å². The maximum absolute atomic E-state index is 8.80. The maximum Gasteiger partial charge on any atom is 0.490 e. The molecule has 0 radical (unpaired) electrons. The molecule has 11 heavy (non-hydrogen) atoms. The average molecular weight is 216 g/mol. The maximum atomic E-state index is 8.80. The lowest BCUT2D eigenvalue weighted by Gasteiger charge is -2.02. The van der Waals surface area contributed by atoms with Gasteiger partial charge in [0.05, 0.1) is 0 Å². The summed E-state index contributed by atoms with van der Waals surface area (Å²) in [5, 5.41) is 17.6. The summed E-state index contributed by atoms with van der Waals surface area (Å²) in [6, 6.07) is 3.29. The Labute approximate surface area is 73.4 Å². The van der Waals surface area contributed by atoms with Gasteiger partial charge in [0.15, 0.2) is 0 Å². The van der Waals surface area contributed by atoms with Crippen LogP contribution in [0.5, 0.6) is 0 Å². The van der Waals surface area contributed by atoms with Crippen LogP contribution in [0.4, 0.5) is 0 Å². The van der Waals surface area contributed by atoms with Crippen molar-refractivity contribution >= 4 is 28.5 Å². The molecule has 1 heterocycles. The van der Waals surface area contributed by atoms with E-state index in [1.807, 2.05) is 0 Å². The van der Waals surface area contributed by atoms with Gasteiger partial charge in [0, 0.05) is 11.2 Å². The molecule has 0 fully saturated rings. The largest absolute Gasteiger partial charge is 0.490 e. The Morgan fingerprint density at radius 3 is 2.55 bits per heavy atom. The topological polar surface area (TPSA) is 53.4 Å².